The number of nitrogens with two attached hydrogens (primary N) is 1. The topological polar surface area (TPSA) is 74.5 Å². The van der Waals surface area contributed by atoms with E-state index in [-0.39, 0.29) is 36.8 Å². The number of nitrogens with one attached hydrogen (secondary N) is 1. The van der Waals surface area contributed by atoms with Crippen molar-refractivity contribution in [2.75, 3.05) is 44.2 Å². The molecule has 0 bridgehead atoms. The number of anilines is 1. The lowest BCUT2D eigenvalue weighted by Gasteiger charge is -2.35. The van der Waals surface area contributed by atoms with Crippen LogP contribution in [0.15, 0.2) is 24.4 Å². The first-order chi connectivity index (χ1) is 11.7. The number of halogens is 2. The largest absolute Gasteiger partial charge is 0.354 e. The third-order valence-corrected chi connectivity index (χ3v) is 4.56. The molecule has 8 heteroatoms. The van der Waals surface area contributed by atoms with Crippen molar-refractivity contribution in [1.29, 1.82) is 0 Å². The van der Waals surface area contributed by atoms with Crippen molar-refractivity contribution in [3.63, 3.8) is 0 Å². The van der Waals surface area contributed by atoms with Crippen molar-refractivity contribution >= 4 is 36.5 Å². The monoisotopic (exact) mass is 405 g/mol. The van der Waals surface area contributed by atoms with Gasteiger partial charge in [0.25, 0.3) is 0 Å². The van der Waals surface area contributed by atoms with E-state index in [9.17, 15) is 4.79 Å². The summed E-state index contributed by atoms with van der Waals surface area (Å²) in [6.07, 6.45) is 5.59. The molecule has 6 nitrogen and oxygen atoms in total. The molecule has 0 radical (unpaired) electrons. The van der Waals surface area contributed by atoms with Crippen LogP contribution >= 0.6 is 24.8 Å². The molecule has 2 rings (SSSR count). The Morgan fingerprint density at radius 1 is 1.27 bits per heavy atom. The Hall–Kier alpha value is -1.08. The van der Waals surface area contributed by atoms with Crippen LogP contribution in [-0.2, 0) is 4.79 Å². The Morgan fingerprint density at radius 3 is 2.58 bits per heavy atom. The van der Waals surface area contributed by atoms with Gasteiger partial charge in [-0.2, -0.15) is 0 Å². The van der Waals surface area contributed by atoms with Crippen LogP contribution in [0.4, 0.5) is 5.82 Å². The summed E-state index contributed by atoms with van der Waals surface area (Å²) in [6, 6.07) is 6.13. The van der Waals surface area contributed by atoms with Gasteiger partial charge in [-0.1, -0.05) is 25.8 Å². The highest BCUT2D eigenvalue weighted by atomic mass is 35.5. The summed E-state index contributed by atoms with van der Waals surface area (Å²) in [5, 5.41) is 3.06. The van der Waals surface area contributed by atoms with Gasteiger partial charge in [-0.15, -0.1) is 24.8 Å². The molecule has 1 aliphatic rings. The number of pyridine rings is 1. The number of nitrogens with zero attached hydrogens (tertiary/aromatic N) is 3. The maximum absolute atomic E-state index is 12.1. The zero-order valence-corrected chi connectivity index (χ0v) is 17.2. The third kappa shape index (κ3) is 8.54. The third-order valence-electron chi connectivity index (χ3n) is 4.56. The first kappa shape index (κ1) is 24.9. The summed E-state index contributed by atoms with van der Waals surface area (Å²) >= 11 is 0. The molecular formula is C18H33Cl2N5O. The number of aromatic nitrogens is 1. The molecule has 0 spiro atoms. The second kappa shape index (κ2) is 14.0. The van der Waals surface area contributed by atoms with Gasteiger partial charge >= 0.3 is 0 Å². The van der Waals surface area contributed by atoms with E-state index in [4.69, 9.17) is 5.73 Å². The van der Waals surface area contributed by atoms with Crippen LogP contribution in [-0.4, -0.2) is 61.1 Å². The fourth-order valence-corrected chi connectivity index (χ4v) is 3.00. The predicted octanol–water partition coefficient (Wildman–Crippen LogP) is 2.07. The number of carbonyl (C=O) groups is 1. The number of hydrogen-bond donors (Lipinski definition) is 2. The Morgan fingerprint density at radius 2 is 2.00 bits per heavy atom. The van der Waals surface area contributed by atoms with Crippen LogP contribution in [0.1, 0.15) is 32.6 Å². The Kier molecular flexibility index (Phi) is 13.5. The van der Waals surface area contributed by atoms with Gasteiger partial charge in [-0.25, -0.2) is 4.98 Å². The van der Waals surface area contributed by atoms with Gasteiger partial charge < -0.3 is 16.0 Å². The van der Waals surface area contributed by atoms with E-state index in [0.717, 1.165) is 57.8 Å². The van der Waals surface area contributed by atoms with Crippen molar-refractivity contribution in [3.05, 3.63) is 24.4 Å². The van der Waals surface area contributed by atoms with Crippen molar-refractivity contribution in [2.24, 2.45) is 5.73 Å². The Labute approximate surface area is 169 Å². The molecule has 0 aromatic carbocycles. The number of unbranched alkanes of at least 4 members (excludes halogenated alkanes) is 1. The van der Waals surface area contributed by atoms with Gasteiger partial charge in [-0.3, -0.25) is 9.69 Å². The van der Waals surface area contributed by atoms with Gasteiger partial charge in [0.2, 0.25) is 5.91 Å². The molecule has 26 heavy (non-hydrogen) atoms. The SMILES string of the molecule is CCCCC(CN)NC(=O)CCN1CCN(c2ccccn2)CC1.Cl.Cl. The normalized spacial score (nSPS) is 15.5. The maximum atomic E-state index is 12.1. The quantitative estimate of drug-likeness (QED) is 0.657. The van der Waals surface area contributed by atoms with Gasteiger partial charge in [-0.05, 0) is 18.6 Å². The smallest absolute Gasteiger partial charge is 0.221 e. The predicted molar refractivity (Wildman–Crippen MR) is 113 cm³/mol. The van der Waals surface area contributed by atoms with Crippen LogP contribution in [0.25, 0.3) is 0 Å². The van der Waals surface area contributed by atoms with E-state index in [0.29, 0.717) is 13.0 Å². The zero-order chi connectivity index (χ0) is 17.2. The zero-order valence-electron chi connectivity index (χ0n) is 15.6. The number of rotatable bonds is 9. The van der Waals surface area contributed by atoms with Gasteiger partial charge in [0, 0.05) is 57.9 Å². The summed E-state index contributed by atoms with van der Waals surface area (Å²) in [4.78, 5) is 21.1. The van der Waals surface area contributed by atoms with Crippen molar-refractivity contribution in [2.45, 2.75) is 38.6 Å². The van der Waals surface area contributed by atoms with Gasteiger partial charge in [0.05, 0.1) is 0 Å². The Bertz CT molecular complexity index is 484. The highest BCUT2D eigenvalue weighted by Gasteiger charge is 2.18. The van der Waals surface area contributed by atoms with E-state index < -0.39 is 0 Å². The molecule has 2 heterocycles. The second-order valence-electron chi connectivity index (χ2n) is 6.41. The summed E-state index contributed by atoms with van der Waals surface area (Å²) < 4.78 is 0. The molecule has 1 aromatic heterocycles. The molecule has 150 valence electrons. The molecule has 1 aliphatic heterocycles. The minimum Gasteiger partial charge on any atom is -0.354 e. The van der Waals surface area contributed by atoms with Crippen molar-refractivity contribution in [1.82, 2.24) is 15.2 Å². The lowest BCUT2D eigenvalue weighted by atomic mass is 10.1. The van der Waals surface area contributed by atoms with Crippen LogP contribution in [0.3, 0.4) is 0 Å². The first-order valence-corrected chi connectivity index (χ1v) is 9.10. The molecule has 1 aromatic rings. The van der Waals surface area contributed by atoms with Crippen LogP contribution in [0.5, 0.6) is 0 Å². The average molecular weight is 406 g/mol. The van der Waals surface area contributed by atoms with Crippen LogP contribution in [0.2, 0.25) is 0 Å². The van der Waals surface area contributed by atoms with E-state index in [1.165, 1.54) is 0 Å². The number of amides is 1. The highest BCUT2D eigenvalue weighted by molar-refractivity contribution is 5.85. The molecule has 1 unspecified atom stereocenters. The molecule has 1 atom stereocenters. The van der Waals surface area contributed by atoms with Crippen LogP contribution in [0, 0.1) is 0 Å². The number of hydrogen-bond acceptors (Lipinski definition) is 5. The summed E-state index contributed by atoms with van der Waals surface area (Å²) in [6.45, 7) is 7.35. The summed E-state index contributed by atoms with van der Waals surface area (Å²) in [7, 11) is 0. The molecule has 1 fully saturated rings. The van der Waals surface area contributed by atoms with Crippen molar-refractivity contribution in [3.8, 4) is 0 Å². The fourth-order valence-electron chi connectivity index (χ4n) is 3.00. The molecule has 0 aliphatic carbocycles. The fraction of sp³-hybridized carbons (Fsp3) is 0.667. The van der Waals surface area contributed by atoms with Gasteiger partial charge in [0.1, 0.15) is 5.82 Å². The van der Waals surface area contributed by atoms with E-state index >= 15 is 0 Å². The molecule has 1 amide bonds. The van der Waals surface area contributed by atoms with E-state index in [1.54, 1.807) is 0 Å². The van der Waals surface area contributed by atoms with Crippen LogP contribution < -0.4 is 16.0 Å². The van der Waals surface area contributed by atoms with Gasteiger partial charge in [0.15, 0.2) is 0 Å². The number of piperazine rings is 1. The van der Waals surface area contributed by atoms with Crippen molar-refractivity contribution < 1.29 is 4.79 Å². The highest BCUT2D eigenvalue weighted by Crippen LogP contribution is 2.12. The molecule has 3 N–H and O–H groups in total. The molecular weight excluding hydrogens is 373 g/mol. The standard InChI is InChI=1S/C18H31N5O.2ClH/c1-2-3-6-16(15-19)21-18(24)8-10-22-11-13-23(14-12-22)17-7-4-5-9-20-17;;/h4-5,7,9,16H,2-3,6,8,10-15,19H2,1H3,(H,21,24);2*1H. The summed E-state index contributed by atoms with van der Waals surface area (Å²) in [5.74, 6) is 1.16. The minimum atomic E-state index is 0. The molecule has 1 saturated heterocycles. The molecule has 0 saturated carbocycles. The maximum Gasteiger partial charge on any atom is 0.221 e. The minimum absolute atomic E-state index is 0. The van der Waals surface area contributed by atoms with E-state index in [1.807, 2.05) is 24.4 Å². The Balaban J connectivity index is 0.00000312. The lowest BCUT2D eigenvalue weighted by molar-refractivity contribution is -0.122. The lowest BCUT2D eigenvalue weighted by Crippen LogP contribution is -2.48. The number of carbonyl (C=O) groups excluding carboxylic acids is 1. The summed E-state index contributed by atoms with van der Waals surface area (Å²) in [5.41, 5.74) is 5.73. The second-order valence-corrected chi connectivity index (χ2v) is 6.41. The average Bonchev–Trinajstić information content (AvgIpc) is 2.64. The van der Waals surface area contributed by atoms with E-state index in [2.05, 4.69) is 27.0 Å². The first-order valence-electron chi connectivity index (χ1n) is 9.10.